The van der Waals surface area contributed by atoms with Crippen molar-refractivity contribution in [2.75, 3.05) is 17.1 Å². The van der Waals surface area contributed by atoms with Gasteiger partial charge >= 0.3 is 0 Å². The summed E-state index contributed by atoms with van der Waals surface area (Å²) in [7, 11) is -3.34. The molecule has 2 aliphatic heterocycles. The van der Waals surface area contributed by atoms with Crippen molar-refractivity contribution >= 4 is 32.5 Å². The van der Waals surface area contributed by atoms with Crippen molar-refractivity contribution in [1.82, 2.24) is 9.88 Å². The number of benzene rings is 2. The summed E-state index contributed by atoms with van der Waals surface area (Å²) in [6.45, 7) is 5.23. The minimum absolute atomic E-state index is 0.00379. The van der Waals surface area contributed by atoms with E-state index in [1.165, 1.54) is 32.8 Å². The van der Waals surface area contributed by atoms with Gasteiger partial charge in [0.1, 0.15) is 0 Å². The highest BCUT2D eigenvalue weighted by Crippen LogP contribution is 2.35. The van der Waals surface area contributed by atoms with Gasteiger partial charge in [-0.3, -0.25) is 9.10 Å². The molecule has 30 heavy (non-hydrogen) atoms. The Balaban J connectivity index is 1.45. The molecular weight excluding hydrogens is 398 g/mol. The third kappa shape index (κ3) is 2.99. The predicted molar refractivity (Wildman–Crippen MR) is 118 cm³/mol. The van der Waals surface area contributed by atoms with Crippen molar-refractivity contribution in [3.05, 3.63) is 64.3 Å². The lowest BCUT2D eigenvalue weighted by atomic mass is 10.0. The van der Waals surface area contributed by atoms with Gasteiger partial charge in [-0.15, -0.1) is 0 Å². The van der Waals surface area contributed by atoms with E-state index in [0.717, 1.165) is 17.5 Å². The summed E-state index contributed by atoms with van der Waals surface area (Å²) in [4.78, 5) is 18.7. The van der Waals surface area contributed by atoms with E-state index in [1.807, 2.05) is 17.9 Å². The van der Waals surface area contributed by atoms with E-state index in [-0.39, 0.29) is 11.9 Å². The van der Waals surface area contributed by atoms with Crippen LogP contribution in [0.3, 0.4) is 0 Å². The van der Waals surface area contributed by atoms with Crippen LogP contribution in [0.2, 0.25) is 0 Å². The molecule has 1 aromatic heterocycles. The van der Waals surface area contributed by atoms with E-state index in [1.54, 1.807) is 12.1 Å². The van der Waals surface area contributed by atoms with Gasteiger partial charge in [0.2, 0.25) is 10.0 Å². The van der Waals surface area contributed by atoms with Crippen LogP contribution in [0.4, 0.5) is 5.69 Å². The summed E-state index contributed by atoms with van der Waals surface area (Å²) in [5.41, 5.74) is 6.96. The first-order valence-electron chi connectivity index (χ1n) is 10.2. The largest absolute Gasteiger partial charge is 0.358 e. The maximum Gasteiger partial charge on any atom is 0.254 e. The van der Waals surface area contributed by atoms with Gasteiger partial charge in [0.05, 0.1) is 11.9 Å². The van der Waals surface area contributed by atoms with Crippen molar-refractivity contribution in [1.29, 1.82) is 0 Å². The Morgan fingerprint density at radius 1 is 1.17 bits per heavy atom. The fraction of sp³-hybridized carbons (Fsp3) is 0.348. The monoisotopic (exact) mass is 423 g/mol. The number of carbonyl (C=O) groups is 1. The van der Waals surface area contributed by atoms with Crippen molar-refractivity contribution in [3.63, 3.8) is 0 Å². The SMILES string of the molecule is Cc1ccc2[nH]c3c(c2c1)CN(C(=O)c1ccc2c(c1)CC(C)N2S(C)(=O)=O)CC3. The third-order valence-electron chi connectivity index (χ3n) is 6.25. The van der Waals surface area contributed by atoms with Crippen molar-refractivity contribution in [3.8, 4) is 0 Å². The number of sulfonamides is 1. The highest BCUT2D eigenvalue weighted by molar-refractivity contribution is 7.92. The lowest BCUT2D eigenvalue weighted by Crippen LogP contribution is -2.36. The molecule has 0 radical (unpaired) electrons. The van der Waals surface area contributed by atoms with Crippen LogP contribution >= 0.6 is 0 Å². The summed E-state index contributed by atoms with van der Waals surface area (Å²) in [5, 5.41) is 1.19. The van der Waals surface area contributed by atoms with E-state index in [9.17, 15) is 13.2 Å². The zero-order valence-corrected chi connectivity index (χ0v) is 18.2. The van der Waals surface area contributed by atoms with E-state index in [4.69, 9.17) is 0 Å². The number of H-pyrrole nitrogens is 1. The molecular formula is C23H25N3O3S. The second kappa shape index (κ2) is 6.60. The Kier molecular flexibility index (Phi) is 4.22. The van der Waals surface area contributed by atoms with Crippen LogP contribution < -0.4 is 4.31 Å². The Morgan fingerprint density at radius 2 is 1.97 bits per heavy atom. The molecule has 156 valence electrons. The van der Waals surface area contributed by atoms with Crippen LogP contribution in [0.5, 0.6) is 0 Å². The molecule has 0 spiro atoms. The normalized spacial score (nSPS) is 18.6. The molecule has 0 aliphatic carbocycles. The number of aromatic amines is 1. The van der Waals surface area contributed by atoms with E-state index in [2.05, 4.69) is 30.1 Å². The van der Waals surface area contributed by atoms with Crippen LogP contribution in [0.15, 0.2) is 36.4 Å². The van der Waals surface area contributed by atoms with Crippen LogP contribution in [0, 0.1) is 6.92 Å². The maximum atomic E-state index is 13.3. The molecule has 3 aromatic rings. The second-order valence-corrected chi connectivity index (χ2v) is 10.4. The maximum absolute atomic E-state index is 13.3. The Morgan fingerprint density at radius 3 is 2.73 bits per heavy atom. The number of rotatable bonds is 2. The number of hydrogen-bond donors (Lipinski definition) is 1. The van der Waals surface area contributed by atoms with Crippen molar-refractivity contribution < 1.29 is 13.2 Å². The first-order chi connectivity index (χ1) is 14.2. The fourth-order valence-electron chi connectivity index (χ4n) is 4.93. The Bertz CT molecular complexity index is 1290. The van der Waals surface area contributed by atoms with E-state index < -0.39 is 10.0 Å². The van der Waals surface area contributed by atoms with Gasteiger partial charge in [0.15, 0.2) is 0 Å². The standard InChI is InChI=1S/C23H25N3O3S/c1-14-4-6-20-18(10-14)19-13-25(9-8-21(19)24-20)23(27)16-5-7-22-17(12-16)11-15(2)26(22)30(3,28)29/h4-7,10,12,15,24H,8-9,11,13H2,1-3H3. The summed E-state index contributed by atoms with van der Waals surface area (Å²) >= 11 is 0. The molecule has 1 unspecified atom stereocenters. The Hall–Kier alpha value is -2.80. The average molecular weight is 424 g/mol. The number of aromatic nitrogens is 1. The van der Waals surface area contributed by atoms with Gasteiger partial charge in [-0.05, 0) is 56.2 Å². The van der Waals surface area contributed by atoms with E-state index >= 15 is 0 Å². The quantitative estimate of drug-likeness (QED) is 0.687. The molecule has 1 amide bonds. The number of nitrogens with one attached hydrogen (secondary N) is 1. The van der Waals surface area contributed by atoms with Crippen LogP contribution in [0.1, 0.15) is 39.7 Å². The number of anilines is 1. The highest BCUT2D eigenvalue weighted by Gasteiger charge is 2.33. The molecule has 3 heterocycles. The first-order valence-corrected chi connectivity index (χ1v) is 12.1. The van der Waals surface area contributed by atoms with Crippen molar-refractivity contribution in [2.24, 2.45) is 0 Å². The summed E-state index contributed by atoms with van der Waals surface area (Å²) in [6, 6.07) is 11.6. The van der Waals surface area contributed by atoms with Crippen LogP contribution in [-0.4, -0.2) is 43.1 Å². The molecule has 0 fully saturated rings. The molecule has 2 aliphatic rings. The fourth-order valence-corrected chi connectivity index (χ4v) is 6.19. The number of carbonyl (C=O) groups excluding carboxylic acids is 1. The molecule has 5 rings (SSSR count). The molecule has 0 saturated carbocycles. The van der Waals surface area contributed by atoms with E-state index in [0.29, 0.717) is 30.8 Å². The molecule has 1 N–H and O–H groups in total. The molecule has 2 aromatic carbocycles. The highest BCUT2D eigenvalue weighted by atomic mass is 32.2. The summed E-state index contributed by atoms with van der Waals surface area (Å²) in [5.74, 6) is -0.00379. The zero-order valence-electron chi connectivity index (χ0n) is 17.4. The van der Waals surface area contributed by atoms with Gasteiger partial charge in [-0.1, -0.05) is 11.6 Å². The summed E-state index contributed by atoms with van der Waals surface area (Å²) < 4.78 is 25.7. The van der Waals surface area contributed by atoms with Gasteiger partial charge < -0.3 is 9.88 Å². The number of aryl methyl sites for hydroxylation is 1. The second-order valence-electron chi connectivity index (χ2n) is 8.56. The predicted octanol–water partition coefficient (Wildman–Crippen LogP) is 3.39. The smallest absolute Gasteiger partial charge is 0.254 e. The minimum Gasteiger partial charge on any atom is -0.358 e. The van der Waals surface area contributed by atoms with Crippen LogP contribution in [0.25, 0.3) is 10.9 Å². The topological polar surface area (TPSA) is 73.5 Å². The number of nitrogens with zero attached hydrogens (tertiary/aromatic N) is 2. The van der Waals surface area contributed by atoms with Crippen LogP contribution in [-0.2, 0) is 29.4 Å². The number of amides is 1. The van der Waals surface area contributed by atoms with Gasteiger partial charge in [-0.25, -0.2) is 8.42 Å². The van der Waals surface area contributed by atoms with Gasteiger partial charge in [-0.2, -0.15) is 0 Å². The zero-order chi connectivity index (χ0) is 21.2. The average Bonchev–Trinajstić information content (AvgIpc) is 3.22. The number of hydrogen-bond acceptors (Lipinski definition) is 3. The minimum atomic E-state index is -3.34. The van der Waals surface area contributed by atoms with Gasteiger partial charge in [0, 0.05) is 53.3 Å². The lowest BCUT2D eigenvalue weighted by Gasteiger charge is -2.27. The third-order valence-corrected chi connectivity index (χ3v) is 7.53. The van der Waals surface area contributed by atoms with Gasteiger partial charge in [0.25, 0.3) is 5.91 Å². The molecule has 0 saturated heterocycles. The first kappa shape index (κ1) is 19.2. The van der Waals surface area contributed by atoms with Crippen molar-refractivity contribution in [2.45, 2.75) is 39.3 Å². The molecule has 1 atom stereocenters. The number of fused-ring (bicyclic) bond motifs is 4. The Labute approximate surface area is 176 Å². The molecule has 6 nitrogen and oxygen atoms in total. The summed E-state index contributed by atoms with van der Waals surface area (Å²) in [6.07, 6.45) is 2.65. The lowest BCUT2D eigenvalue weighted by molar-refractivity contribution is 0.0735. The molecule has 7 heteroatoms. The molecule has 0 bridgehead atoms.